The molecule has 0 aliphatic rings. The second-order valence-electron chi connectivity index (χ2n) is 4.75. The monoisotopic (exact) mass is 334 g/mol. The fourth-order valence-electron chi connectivity index (χ4n) is 1.81. The molecule has 7 heteroatoms. The van der Waals surface area contributed by atoms with E-state index in [9.17, 15) is 14.8 Å². The maximum absolute atomic E-state index is 11.7. The van der Waals surface area contributed by atoms with Gasteiger partial charge >= 0.3 is 5.97 Å². The van der Waals surface area contributed by atoms with Gasteiger partial charge in [0.2, 0.25) is 0 Å². The van der Waals surface area contributed by atoms with Crippen LogP contribution in [0.15, 0.2) is 48.8 Å². The van der Waals surface area contributed by atoms with Crippen molar-refractivity contribution in [1.29, 1.82) is 0 Å². The number of nitrogens with one attached hydrogen (secondary N) is 1. The Balaban J connectivity index is 1.69. The van der Waals surface area contributed by atoms with Crippen molar-refractivity contribution in [2.24, 2.45) is 0 Å². The number of esters is 1. The lowest BCUT2D eigenvalue weighted by molar-refractivity contribution is -0.605. The number of aromatic nitrogens is 1. The Kier molecular flexibility index (Phi) is 5.94. The molecule has 0 unspecified atom stereocenters. The van der Waals surface area contributed by atoms with Gasteiger partial charge in [0, 0.05) is 23.7 Å². The van der Waals surface area contributed by atoms with Crippen molar-refractivity contribution in [3.63, 3.8) is 0 Å². The van der Waals surface area contributed by atoms with Crippen LogP contribution in [0, 0.1) is 5.21 Å². The molecule has 120 valence electrons. The Morgan fingerprint density at radius 1 is 1.13 bits per heavy atom. The highest BCUT2D eigenvalue weighted by Crippen LogP contribution is 2.09. The van der Waals surface area contributed by atoms with Crippen molar-refractivity contribution in [2.75, 3.05) is 13.2 Å². The van der Waals surface area contributed by atoms with Crippen molar-refractivity contribution in [3.05, 3.63) is 70.1 Å². The van der Waals surface area contributed by atoms with Crippen LogP contribution in [-0.2, 0) is 16.0 Å². The number of carbonyl (C=O) groups is 2. The summed E-state index contributed by atoms with van der Waals surface area (Å²) in [7, 11) is 0. The van der Waals surface area contributed by atoms with Gasteiger partial charge in [-0.15, -0.1) is 0 Å². The van der Waals surface area contributed by atoms with Gasteiger partial charge in [0.15, 0.2) is 19.0 Å². The van der Waals surface area contributed by atoms with Crippen molar-refractivity contribution >= 4 is 23.5 Å². The molecular formula is C16H15ClN2O4. The summed E-state index contributed by atoms with van der Waals surface area (Å²) in [4.78, 5) is 23.3. The standard InChI is InChI=1S/C16H15ClN2O4/c17-14-3-1-12(2-4-14)5-8-18-15(20)11-23-16(21)13-6-9-19(22)10-7-13/h1-4,6-7,9-10H,5,8,11H2,(H,18,20). The van der Waals surface area contributed by atoms with E-state index in [2.05, 4.69) is 5.32 Å². The minimum Gasteiger partial charge on any atom is -0.619 e. The number of hydrogen-bond donors (Lipinski definition) is 1. The molecule has 1 aromatic carbocycles. The smallest absolute Gasteiger partial charge is 0.339 e. The Morgan fingerprint density at radius 2 is 1.78 bits per heavy atom. The Bertz CT molecular complexity index is 671. The molecule has 0 spiro atoms. The molecule has 0 aliphatic heterocycles. The van der Waals surface area contributed by atoms with E-state index in [1.165, 1.54) is 24.5 Å². The number of carbonyl (C=O) groups excluding carboxylic acids is 2. The fourth-order valence-corrected chi connectivity index (χ4v) is 1.94. The Labute approximate surface area is 138 Å². The average Bonchev–Trinajstić information content (AvgIpc) is 2.55. The molecule has 0 bridgehead atoms. The highest BCUT2D eigenvalue weighted by molar-refractivity contribution is 6.30. The normalized spacial score (nSPS) is 10.1. The summed E-state index contributed by atoms with van der Waals surface area (Å²) in [5.74, 6) is -1.04. The molecule has 0 fully saturated rings. The Morgan fingerprint density at radius 3 is 2.43 bits per heavy atom. The van der Waals surface area contributed by atoms with Gasteiger partial charge in [-0.05, 0) is 24.1 Å². The summed E-state index contributed by atoms with van der Waals surface area (Å²) in [6.07, 6.45) is 3.02. The quantitative estimate of drug-likeness (QED) is 0.493. The van der Waals surface area contributed by atoms with Crippen molar-refractivity contribution < 1.29 is 19.1 Å². The second kappa shape index (κ2) is 8.14. The minimum absolute atomic E-state index is 0.214. The van der Waals surface area contributed by atoms with Crippen LogP contribution in [0.1, 0.15) is 15.9 Å². The van der Waals surface area contributed by atoms with Gasteiger partial charge in [-0.2, -0.15) is 4.73 Å². The van der Waals surface area contributed by atoms with E-state index in [0.29, 0.717) is 22.7 Å². The van der Waals surface area contributed by atoms with E-state index < -0.39 is 5.97 Å². The van der Waals surface area contributed by atoms with Crippen LogP contribution in [0.3, 0.4) is 0 Å². The largest absolute Gasteiger partial charge is 0.619 e. The van der Waals surface area contributed by atoms with Crippen molar-refractivity contribution in [3.8, 4) is 0 Å². The molecule has 0 aliphatic carbocycles. The summed E-state index contributed by atoms with van der Waals surface area (Å²) < 4.78 is 5.42. The fraction of sp³-hybridized carbons (Fsp3) is 0.188. The van der Waals surface area contributed by atoms with Crippen molar-refractivity contribution in [2.45, 2.75) is 6.42 Å². The lowest BCUT2D eigenvalue weighted by Crippen LogP contribution is -2.30. The molecule has 0 atom stereocenters. The number of hydrogen-bond acceptors (Lipinski definition) is 4. The van der Waals surface area contributed by atoms with Gasteiger partial charge in [0.1, 0.15) is 0 Å². The van der Waals surface area contributed by atoms with Gasteiger partial charge < -0.3 is 15.3 Å². The number of nitrogens with zero attached hydrogens (tertiary/aromatic N) is 1. The lowest BCUT2D eigenvalue weighted by Gasteiger charge is -2.07. The second-order valence-corrected chi connectivity index (χ2v) is 5.19. The maximum Gasteiger partial charge on any atom is 0.339 e. The zero-order chi connectivity index (χ0) is 16.7. The van der Waals surface area contributed by atoms with E-state index in [-0.39, 0.29) is 18.1 Å². The zero-order valence-corrected chi connectivity index (χ0v) is 13.0. The van der Waals surface area contributed by atoms with E-state index in [1.807, 2.05) is 12.1 Å². The van der Waals surface area contributed by atoms with E-state index in [4.69, 9.17) is 16.3 Å². The summed E-state index contributed by atoms with van der Waals surface area (Å²) >= 11 is 5.79. The summed E-state index contributed by atoms with van der Waals surface area (Å²) in [6, 6.07) is 9.98. The number of rotatable bonds is 6. The predicted molar refractivity (Wildman–Crippen MR) is 83.9 cm³/mol. The number of benzene rings is 1. The average molecular weight is 335 g/mol. The molecule has 2 rings (SSSR count). The van der Waals surface area contributed by atoms with E-state index >= 15 is 0 Å². The van der Waals surface area contributed by atoms with Gasteiger partial charge in [-0.25, -0.2) is 4.79 Å². The number of pyridine rings is 1. The Hall–Kier alpha value is -2.60. The maximum atomic E-state index is 11.7. The van der Waals surface area contributed by atoms with Gasteiger partial charge in [0.25, 0.3) is 5.91 Å². The number of amides is 1. The summed E-state index contributed by atoms with van der Waals surface area (Å²) in [5, 5.41) is 14.2. The first-order chi connectivity index (χ1) is 11.0. The molecule has 2 aromatic rings. The van der Waals surface area contributed by atoms with Crippen molar-refractivity contribution in [1.82, 2.24) is 5.32 Å². The molecule has 1 aromatic heterocycles. The van der Waals surface area contributed by atoms with Crippen LogP contribution in [0.2, 0.25) is 5.02 Å². The number of ether oxygens (including phenoxy) is 1. The highest BCUT2D eigenvalue weighted by atomic mass is 35.5. The third-order valence-electron chi connectivity index (χ3n) is 3.02. The molecule has 1 N–H and O–H groups in total. The van der Waals surface area contributed by atoms with Gasteiger partial charge in [-0.3, -0.25) is 4.79 Å². The van der Waals surface area contributed by atoms with Crippen LogP contribution >= 0.6 is 11.6 Å². The van der Waals surface area contributed by atoms with Crippen LogP contribution in [0.25, 0.3) is 0 Å². The molecule has 0 saturated carbocycles. The molecule has 1 heterocycles. The molecule has 0 saturated heterocycles. The molecule has 6 nitrogen and oxygen atoms in total. The van der Waals surface area contributed by atoms with Gasteiger partial charge in [-0.1, -0.05) is 23.7 Å². The van der Waals surface area contributed by atoms with Gasteiger partial charge in [0.05, 0.1) is 5.56 Å². The number of halogens is 1. The van der Waals surface area contributed by atoms with Crippen LogP contribution < -0.4 is 10.0 Å². The van der Waals surface area contributed by atoms with E-state index in [0.717, 1.165) is 5.56 Å². The first kappa shape index (κ1) is 16.8. The summed E-state index contributed by atoms with van der Waals surface area (Å²) in [5.41, 5.74) is 1.26. The van der Waals surface area contributed by atoms with E-state index in [1.54, 1.807) is 12.1 Å². The molecule has 23 heavy (non-hydrogen) atoms. The SMILES string of the molecule is O=C(COC(=O)c1cc[n+]([O-])cc1)NCCc1ccc(Cl)cc1. The highest BCUT2D eigenvalue weighted by Gasteiger charge is 2.10. The predicted octanol–water partition coefficient (Wildman–Crippen LogP) is 1.49. The molecular weight excluding hydrogens is 320 g/mol. The lowest BCUT2D eigenvalue weighted by atomic mass is 10.1. The molecule has 0 radical (unpaired) electrons. The van der Waals surface area contributed by atoms with Crippen LogP contribution in [0.4, 0.5) is 0 Å². The zero-order valence-electron chi connectivity index (χ0n) is 12.2. The van der Waals surface area contributed by atoms with Crippen LogP contribution in [-0.4, -0.2) is 25.0 Å². The molecule has 1 amide bonds. The minimum atomic E-state index is -0.654. The topological polar surface area (TPSA) is 82.3 Å². The third kappa shape index (κ3) is 5.60. The summed E-state index contributed by atoms with van der Waals surface area (Å²) in [6.45, 7) is 0.0608. The first-order valence-electron chi connectivity index (χ1n) is 6.92. The van der Waals surface area contributed by atoms with Crippen LogP contribution in [0.5, 0.6) is 0 Å². The first-order valence-corrected chi connectivity index (χ1v) is 7.29. The third-order valence-corrected chi connectivity index (χ3v) is 3.27.